The minimum atomic E-state index is 0.578. The fraction of sp³-hybridized carbons (Fsp3) is 0.400. The fourth-order valence-corrected chi connectivity index (χ4v) is 3.82. The molecule has 5 heteroatoms. The molecule has 0 bridgehead atoms. The molecule has 0 atom stereocenters. The largest absolute Gasteiger partial charge is 0.496 e. The van der Waals surface area contributed by atoms with Crippen LogP contribution >= 0.6 is 0 Å². The first-order valence-corrected chi connectivity index (χ1v) is 8.88. The van der Waals surface area contributed by atoms with Gasteiger partial charge in [-0.1, -0.05) is 18.2 Å². The number of aryl methyl sites for hydroxylation is 1. The molecule has 0 saturated carbocycles. The second-order valence-electron chi connectivity index (χ2n) is 6.73. The predicted octanol–water partition coefficient (Wildman–Crippen LogP) is 3.36. The Labute approximate surface area is 148 Å². The number of fused-ring (bicyclic) bond motifs is 1. The number of piperidine rings is 1. The molecule has 0 unspecified atom stereocenters. The van der Waals surface area contributed by atoms with Crippen molar-refractivity contribution >= 4 is 11.2 Å². The summed E-state index contributed by atoms with van der Waals surface area (Å²) in [7, 11) is 3.83. The zero-order valence-corrected chi connectivity index (χ0v) is 14.9. The average Bonchev–Trinajstić information content (AvgIpc) is 2.98. The normalized spacial score (nSPS) is 16.4. The summed E-state index contributed by atoms with van der Waals surface area (Å²) in [6, 6.07) is 12.5. The Balaban J connectivity index is 1.44. The van der Waals surface area contributed by atoms with Gasteiger partial charge >= 0.3 is 0 Å². The molecular weight excluding hydrogens is 312 g/mol. The molecule has 1 fully saturated rings. The van der Waals surface area contributed by atoms with Crippen molar-refractivity contribution in [3.63, 3.8) is 0 Å². The van der Waals surface area contributed by atoms with Gasteiger partial charge < -0.3 is 9.30 Å². The number of hydrogen-bond donors (Lipinski definition) is 0. The van der Waals surface area contributed by atoms with Crippen LogP contribution < -0.4 is 4.74 Å². The maximum atomic E-state index is 5.54. The monoisotopic (exact) mass is 336 g/mol. The highest BCUT2D eigenvalue weighted by atomic mass is 16.5. The minimum Gasteiger partial charge on any atom is -0.496 e. The highest BCUT2D eigenvalue weighted by Crippen LogP contribution is 2.34. The summed E-state index contributed by atoms with van der Waals surface area (Å²) in [5, 5.41) is 0. The van der Waals surface area contributed by atoms with E-state index >= 15 is 0 Å². The third kappa shape index (κ3) is 3.12. The highest BCUT2D eigenvalue weighted by Gasteiger charge is 2.24. The molecule has 1 aromatic carbocycles. The lowest BCUT2D eigenvalue weighted by molar-refractivity contribution is 0.197. The first-order chi connectivity index (χ1) is 12.3. The number of pyridine rings is 1. The van der Waals surface area contributed by atoms with Gasteiger partial charge in [-0.3, -0.25) is 4.90 Å². The number of benzene rings is 1. The van der Waals surface area contributed by atoms with Gasteiger partial charge in [0.05, 0.1) is 19.2 Å². The van der Waals surface area contributed by atoms with Crippen LogP contribution in [0.3, 0.4) is 0 Å². The molecule has 1 saturated heterocycles. The van der Waals surface area contributed by atoms with Gasteiger partial charge in [0.1, 0.15) is 11.6 Å². The van der Waals surface area contributed by atoms with Crippen LogP contribution in [0.2, 0.25) is 0 Å². The average molecular weight is 336 g/mol. The second kappa shape index (κ2) is 6.84. The Morgan fingerprint density at radius 1 is 1.12 bits per heavy atom. The van der Waals surface area contributed by atoms with Gasteiger partial charge in [0.25, 0.3) is 0 Å². The van der Waals surface area contributed by atoms with Crippen molar-refractivity contribution < 1.29 is 4.74 Å². The van der Waals surface area contributed by atoms with E-state index in [1.807, 2.05) is 12.1 Å². The molecule has 0 amide bonds. The first-order valence-electron chi connectivity index (χ1n) is 8.88. The maximum absolute atomic E-state index is 5.54. The summed E-state index contributed by atoms with van der Waals surface area (Å²) in [4.78, 5) is 11.6. The summed E-state index contributed by atoms with van der Waals surface area (Å²) in [6.07, 6.45) is 4.11. The van der Waals surface area contributed by atoms with Gasteiger partial charge in [-0.2, -0.15) is 0 Å². The van der Waals surface area contributed by atoms with Gasteiger partial charge in [0.15, 0.2) is 5.65 Å². The number of nitrogens with zero attached hydrogens (tertiary/aromatic N) is 4. The molecular formula is C20H24N4O. The van der Waals surface area contributed by atoms with Crippen LogP contribution in [-0.4, -0.2) is 39.6 Å². The molecule has 5 nitrogen and oxygen atoms in total. The van der Waals surface area contributed by atoms with Crippen LogP contribution in [0.15, 0.2) is 42.6 Å². The van der Waals surface area contributed by atoms with Gasteiger partial charge in [-0.15, -0.1) is 0 Å². The zero-order valence-electron chi connectivity index (χ0n) is 14.9. The second-order valence-corrected chi connectivity index (χ2v) is 6.73. The molecule has 0 radical (unpaired) electrons. The van der Waals surface area contributed by atoms with Gasteiger partial charge in [-0.25, -0.2) is 9.97 Å². The molecule has 3 heterocycles. The van der Waals surface area contributed by atoms with E-state index in [0.29, 0.717) is 5.92 Å². The number of para-hydroxylation sites is 1. The molecule has 3 aromatic rings. The summed E-state index contributed by atoms with van der Waals surface area (Å²) < 4.78 is 7.70. The Bertz CT molecular complexity index is 865. The van der Waals surface area contributed by atoms with E-state index in [-0.39, 0.29) is 0 Å². The number of hydrogen-bond acceptors (Lipinski definition) is 4. The van der Waals surface area contributed by atoms with E-state index in [2.05, 4.69) is 45.8 Å². The van der Waals surface area contributed by atoms with Gasteiger partial charge in [0, 0.05) is 13.2 Å². The number of rotatable bonds is 4. The smallest absolute Gasteiger partial charge is 0.177 e. The predicted molar refractivity (Wildman–Crippen MR) is 98.8 cm³/mol. The Hall–Kier alpha value is -2.40. The molecule has 2 aromatic heterocycles. The third-order valence-electron chi connectivity index (χ3n) is 5.28. The number of likely N-dealkylation sites (tertiary alicyclic amines) is 1. The summed E-state index contributed by atoms with van der Waals surface area (Å²) in [6.45, 7) is 3.05. The van der Waals surface area contributed by atoms with Crippen molar-refractivity contribution in [2.45, 2.75) is 25.3 Å². The van der Waals surface area contributed by atoms with Crippen LogP contribution in [0.5, 0.6) is 5.75 Å². The number of aromatic nitrogens is 3. The maximum Gasteiger partial charge on any atom is 0.177 e. The first kappa shape index (κ1) is 16.1. The summed E-state index contributed by atoms with van der Waals surface area (Å²) in [5.74, 6) is 2.68. The standard InChI is InChI=1S/C20H24N4O/c1-23-17-7-5-11-21-20(17)22-19(23)14-24-12-9-15(10-13-24)16-6-3-4-8-18(16)25-2/h3-8,11,15H,9-10,12-14H2,1-2H3. The van der Waals surface area contributed by atoms with E-state index < -0.39 is 0 Å². The van der Waals surface area contributed by atoms with Crippen molar-refractivity contribution in [2.75, 3.05) is 20.2 Å². The molecule has 130 valence electrons. The quantitative estimate of drug-likeness (QED) is 0.733. The topological polar surface area (TPSA) is 43.2 Å². The molecule has 4 rings (SSSR count). The van der Waals surface area contributed by atoms with E-state index in [0.717, 1.165) is 55.2 Å². The molecule has 0 aliphatic carbocycles. The van der Waals surface area contributed by atoms with Crippen molar-refractivity contribution in [2.24, 2.45) is 7.05 Å². The third-order valence-corrected chi connectivity index (χ3v) is 5.28. The molecule has 25 heavy (non-hydrogen) atoms. The van der Waals surface area contributed by atoms with Crippen molar-refractivity contribution in [3.8, 4) is 5.75 Å². The van der Waals surface area contributed by atoms with Crippen LogP contribution in [0.4, 0.5) is 0 Å². The van der Waals surface area contributed by atoms with Gasteiger partial charge in [0.2, 0.25) is 0 Å². The number of imidazole rings is 1. The van der Waals surface area contributed by atoms with Crippen LogP contribution in [0.25, 0.3) is 11.2 Å². The molecule has 1 aliphatic heterocycles. The van der Waals surface area contributed by atoms with Crippen LogP contribution in [0, 0.1) is 0 Å². The Morgan fingerprint density at radius 2 is 1.92 bits per heavy atom. The Morgan fingerprint density at radius 3 is 2.68 bits per heavy atom. The summed E-state index contributed by atoms with van der Waals surface area (Å²) in [5.41, 5.74) is 3.28. The van der Waals surface area contributed by atoms with Crippen molar-refractivity contribution in [1.82, 2.24) is 19.4 Å². The van der Waals surface area contributed by atoms with Crippen molar-refractivity contribution in [3.05, 3.63) is 54.0 Å². The van der Waals surface area contributed by atoms with Crippen molar-refractivity contribution in [1.29, 1.82) is 0 Å². The van der Waals surface area contributed by atoms with Crippen LogP contribution in [-0.2, 0) is 13.6 Å². The SMILES string of the molecule is COc1ccccc1C1CCN(Cc2nc3ncccc3n2C)CC1. The van der Waals surface area contributed by atoms with E-state index in [4.69, 9.17) is 9.72 Å². The van der Waals surface area contributed by atoms with Crippen LogP contribution in [0.1, 0.15) is 30.1 Å². The Kier molecular flexibility index (Phi) is 4.40. The lowest BCUT2D eigenvalue weighted by atomic mass is 9.89. The van der Waals surface area contributed by atoms with E-state index in [9.17, 15) is 0 Å². The number of ether oxygens (including phenoxy) is 1. The van der Waals surface area contributed by atoms with E-state index in [1.165, 1.54) is 5.56 Å². The number of methoxy groups -OCH3 is 1. The highest BCUT2D eigenvalue weighted by molar-refractivity contribution is 5.71. The molecule has 1 aliphatic rings. The zero-order chi connectivity index (χ0) is 17.2. The lowest BCUT2D eigenvalue weighted by Crippen LogP contribution is -2.33. The molecule has 0 spiro atoms. The molecule has 0 N–H and O–H groups in total. The lowest BCUT2D eigenvalue weighted by Gasteiger charge is -2.32. The van der Waals surface area contributed by atoms with E-state index in [1.54, 1.807) is 13.3 Å². The van der Waals surface area contributed by atoms with Gasteiger partial charge in [-0.05, 0) is 55.6 Å². The summed E-state index contributed by atoms with van der Waals surface area (Å²) >= 11 is 0. The minimum absolute atomic E-state index is 0.578. The fourth-order valence-electron chi connectivity index (χ4n) is 3.82.